The maximum absolute atomic E-state index is 11.7. The Morgan fingerprint density at radius 3 is 3.12 bits per heavy atom. The number of carbonyl (C=O) groups excluding carboxylic acids is 1. The van der Waals surface area contributed by atoms with Crippen LogP contribution in [-0.4, -0.2) is 35.0 Å². The highest BCUT2D eigenvalue weighted by Crippen LogP contribution is 2.29. The minimum atomic E-state index is -0.254. The second-order valence-electron chi connectivity index (χ2n) is 3.80. The summed E-state index contributed by atoms with van der Waals surface area (Å²) in [6, 6.07) is -0.254. The lowest BCUT2D eigenvalue weighted by molar-refractivity contribution is -0.123. The van der Waals surface area contributed by atoms with Crippen LogP contribution in [0.15, 0.2) is 6.33 Å². The molecule has 92 valence electrons. The molecule has 0 spiro atoms. The molecule has 1 atom stereocenters. The van der Waals surface area contributed by atoms with Gasteiger partial charge < -0.3 is 16.0 Å². The highest BCUT2D eigenvalue weighted by atomic mass is 35.5. The van der Waals surface area contributed by atoms with E-state index in [1.807, 2.05) is 11.8 Å². The summed E-state index contributed by atoms with van der Waals surface area (Å²) in [6.45, 7) is 3.19. The third-order valence-corrected chi connectivity index (χ3v) is 3.15. The van der Waals surface area contributed by atoms with Gasteiger partial charge in [-0.1, -0.05) is 18.5 Å². The Bertz CT molecular complexity index is 439. The van der Waals surface area contributed by atoms with Crippen molar-refractivity contribution in [3.8, 4) is 0 Å². The fourth-order valence-corrected chi connectivity index (χ4v) is 2.15. The zero-order valence-electron chi connectivity index (χ0n) is 9.48. The summed E-state index contributed by atoms with van der Waals surface area (Å²) in [7, 11) is 0. The number of carbonyl (C=O) groups is 1. The van der Waals surface area contributed by atoms with Crippen molar-refractivity contribution in [3.63, 3.8) is 0 Å². The molecule has 0 aromatic carbocycles. The van der Waals surface area contributed by atoms with Crippen LogP contribution in [0.3, 0.4) is 0 Å². The molecule has 1 aromatic rings. The molecule has 1 saturated heterocycles. The fourth-order valence-electron chi connectivity index (χ4n) is 1.95. The first-order valence-electron chi connectivity index (χ1n) is 5.45. The lowest BCUT2D eigenvalue weighted by Crippen LogP contribution is -2.55. The van der Waals surface area contributed by atoms with Crippen molar-refractivity contribution in [2.45, 2.75) is 19.4 Å². The smallest absolute Gasteiger partial charge is 0.242 e. The summed E-state index contributed by atoms with van der Waals surface area (Å²) in [5, 5.41) is 3.12. The van der Waals surface area contributed by atoms with Crippen LogP contribution in [0.1, 0.15) is 13.3 Å². The molecular weight excluding hydrogens is 242 g/mol. The summed E-state index contributed by atoms with van der Waals surface area (Å²) in [4.78, 5) is 21.5. The number of nitrogen functional groups attached to an aromatic ring is 1. The summed E-state index contributed by atoms with van der Waals surface area (Å²) in [5.41, 5.74) is 5.64. The number of nitrogens with one attached hydrogen (secondary N) is 1. The van der Waals surface area contributed by atoms with Gasteiger partial charge in [-0.25, -0.2) is 9.97 Å². The van der Waals surface area contributed by atoms with Gasteiger partial charge in [-0.05, 0) is 6.42 Å². The maximum Gasteiger partial charge on any atom is 0.242 e. The number of aromatic nitrogens is 2. The van der Waals surface area contributed by atoms with Crippen LogP contribution < -0.4 is 16.0 Å². The number of anilines is 2. The van der Waals surface area contributed by atoms with Gasteiger partial charge >= 0.3 is 0 Å². The number of nitrogens with two attached hydrogens (primary N) is 1. The average molecular weight is 256 g/mol. The Kier molecular flexibility index (Phi) is 3.33. The van der Waals surface area contributed by atoms with Crippen LogP contribution in [0.25, 0.3) is 0 Å². The van der Waals surface area contributed by atoms with Crippen LogP contribution in [0.2, 0.25) is 5.02 Å². The van der Waals surface area contributed by atoms with Crippen molar-refractivity contribution in [1.82, 2.24) is 15.3 Å². The van der Waals surface area contributed by atoms with Crippen LogP contribution in [0.5, 0.6) is 0 Å². The standard InChI is InChI=1S/C10H14ClN5O/c1-2-6-10(17)13-3-4-16(6)9-7(11)8(12)14-5-15-9/h5-6H,2-4H2,1H3,(H,13,17)(H2,12,14,15). The molecule has 1 amide bonds. The number of piperazine rings is 1. The lowest BCUT2D eigenvalue weighted by atomic mass is 10.1. The van der Waals surface area contributed by atoms with E-state index in [1.165, 1.54) is 6.33 Å². The molecule has 6 nitrogen and oxygen atoms in total. The van der Waals surface area contributed by atoms with E-state index in [0.717, 1.165) is 0 Å². The fraction of sp³-hybridized carbons (Fsp3) is 0.500. The predicted octanol–water partition coefficient (Wildman–Crippen LogP) is 0.427. The van der Waals surface area contributed by atoms with Crippen molar-refractivity contribution in [2.24, 2.45) is 0 Å². The maximum atomic E-state index is 11.7. The van der Waals surface area contributed by atoms with E-state index >= 15 is 0 Å². The Morgan fingerprint density at radius 2 is 2.41 bits per heavy atom. The molecule has 2 heterocycles. The van der Waals surface area contributed by atoms with Gasteiger partial charge in [-0.15, -0.1) is 0 Å². The van der Waals surface area contributed by atoms with Gasteiger partial charge in [0.2, 0.25) is 5.91 Å². The molecule has 7 heteroatoms. The highest BCUT2D eigenvalue weighted by molar-refractivity contribution is 6.35. The molecule has 0 saturated carbocycles. The third kappa shape index (κ3) is 2.12. The molecule has 17 heavy (non-hydrogen) atoms. The van der Waals surface area contributed by atoms with Crippen molar-refractivity contribution >= 4 is 29.1 Å². The Balaban J connectivity index is 2.37. The normalized spacial score (nSPS) is 20.2. The monoisotopic (exact) mass is 255 g/mol. The number of rotatable bonds is 2. The van der Waals surface area contributed by atoms with Gasteiger partial charge in [0.05, 0.1) is 0 Å². The molecule has 1 aromatic heterocycles. The van der Waals surface area contributed by atoms with Crippen molar-refractivity contribution < 1.29 is 4.79 Å². The lowest BCUT2D eigenvalue weighted by Gasteiger charge is -2.35. The minimum Gasteiger partial charge on any atom is -0.382 e. The third-order valence-electron chi connectivity index (χ3n) is 2.79. The molecular formula is C10H14ClN5O. The Labute approximate surface area is 104 Å². The van der Waals surface area contributed by atoms with E-state index in [0.29, 0.717) is 30.4 Å². The topological polar surface area (TPSA) is 84.1 Å². The van der Waals surface area contributed by atoms with Crippen LogP contribution in [0.4, 0.5) is 11.6 Å². The molecule has 0 radical (unpaired) electrons. The molecule has 2 rings (SSSR count). The summed E-state index contributed by atoms with van der Waals surface area (Å²) in [5.74, 6) is 0.755. The van der Waals surface area contributed by atoms with Crippen molar-refractivity contribution in [3.05, 3.63) is 11.3 Å². The molecule has 1 fully saturated rings. The summed E-state index contributed by atoms with van der Waals surface area (Å²) >= 11 is 6.07. The van der Waals surface area contributed by atoms with Crippen LogP contribution in [-0.2, 0) is 4.79 Å². The van der Waals surface area contributed by atoms with Gasteiger partial charge in [-0.2, -0.15) is 0 Å². The van der Waals surface area contributed by atoms with E-state index in [-0.39, 0.29) is 17.8 Å². The van der Waals surface area contributed by atoms with Gasteiger partial charge in [0.1, 0.15) is 23.2 Å². The van der Waals surface area contributed by atoms with Crippen molar-refractivity contribution in [1.29, 1.82) is 0 Å². The zero-order chi connectivity index (χ0) is 12.4. The second-order valence-corrected chi connectivity index (χ2v) is 4.18. The summed E-state index contributed by atoms with van der Waals surface area (Å²) in [6.07, 6.45) is 2.04. The van der Waals surface area contributed by atoms with Crippen LogP contribution in [0, 0.1) is 0 Å². The number of hydrogen-bond acceptors (Lipinski definition) is 5. The van der Waals surface area contributed by atoms with Gasteiger partial charge in [0.25, 0.3) is 0 Å². The largest absolute Gasteiger partial charge is 0.382 e. The van der Waals surface area contributed by atoms with Gasteiger partial charge in [0, 0.05) is 13.1 Å². The Hall–Kier alpha value is -1.56. The molecule has 1 aliphatic rings. The zero-order valence-corrected chi connectivity index (χ0v) is 10.2. The van der Waals surface area contributed by atoms with E-state index in [2.05, 4.69) is 15.3 Å². The number of hydrogen-bond donors (Lipinski definition) is 2. The molecule has 1 unspecified atom stereocenters. The number of halogens is 1. The Morgan fingerprint density at radius 1 is 1.65 bits per heavy atom. The van der Waals surface area contributed by atoms with Gasteiger partial charge in [0.15, 0.2) is 5.82 Å². The van der Waals surface area contributed by atoms with E-state index in [4.69, 9.17) is 17.3 Å². The first-order valence-corrected chi connectivity index (χ1v) is 5.83. The average Bonchev–Trinajstić information content (AvgIpc) is 2.32. The van der Waals surface area contributed by atoms with E-state index in [9.17, 15) is 4.79 Å². The quantitative estimate of drug-likeness (QED) is 0.801. The van der Waals surface area contributed by atoms with Crippen LogP contribution >= 0.6 is 11.6 Å². The van der Waals surface area contributed by atoms with Gasteiger partial charge in [-0.3, -0.25) is 4.79 Å². The number of amides is 1. The number of nitrogens with zero attached hydrogens (tertiary/aromatic N) is 3. The van der Waals surface area contributed by atoms with E-state index < -0.39 is 0 Å². The second kappa shape index (κ2) is 4.75. The first kappa shape index (κ1) is 11.9. The summed E-state index contributed by atoms with van der Waals surface area (Å²) < 4.78 is 0. The minimum absolute atomic E-state index is 0.00741. The molecule has 1 aliphatic heterocycles. The van der Waals surface area contributed by atoms with Crippen molar-refractivity contribution in [2.75, 3.05) is 23.7 Å². The van der Waals surface area contributed by atoms with E-state index in [1.54, 1.807) is 0 Å². The first-order chi connectivity index (χ1) is 8.15. The predicted molar refractivity (Wildman–Crippen MR) is 65.9 cm³/mol. The molecule has 0 aliphatic carbocycles. The molecule has 0 bridgehead atoms. The highest BCUT2D eigenvalue weighted by Gasteiger charge is 2.30. The SMILES string of the molecule is CCC1C(=O)NCCN1c1ncnc(N)c1Cl. The molecule has 3 N–H and O–H groups in total.